The maximum Gasteiger partial charge on any atom is 0.166 e. The smallest absolute Gasteiger partial charge is 0.166 e. The maximum atomic E-state index is 11.3. The summed E-state index contributed by atoms with van der Waals surface area (Å²) in [4.78, 5) is 11.3. The van der Waals surface area contributed by atoms with Gasteiger partial charge in [-0.05, 0) is 0 Å². The molecular formula is C8H14O3. The number of ketones is 1. The van der Waals surface area contributed by atoms with E-state index < -0.39 is 0 Å². The molecule has 0 unspecified atom stereocenters. The van der Waals surface area contributed by atoms with Gasteiger partial charge in [-0.15, -0.1) is 0 Å². The Hall–Kier alpha value is -0.410. The number of carbonyl (C=O) groups excluding carboxylic acids is 1. The molecule has 1 aliphatic heterocycles. The minimum absolute atomic E-state index is 0.0244. The molecule has 0 spiro atoms. The fraction of sp³-hybridized carbons (Fsp3) is 0.875. The van der Waals surface area contributed by atoms with Crippen molar-refractivity contribution in [3.8, 4) is 0 Å². The Kier molecular flexibility index (Phi) is 2.62. The number of ether oxygens (including phenoxy) is 2. The largest absolute Gasteiger partial charge is 0.355 e. The van der Waals surface area contributed by atoms with Gasteiger partial charge >= 0.3 is 0 Å². The van der Waals surface area contributed by atoms with E-state index in [0.717, 1.165) is 0 Å². The monoisotopic (exact) mass is 158 g/mol. The fourth-order valence-electron chi connectivity index (χ4n) is 1.32. The molecule has 0 aromatic heterocycles. The number of Topliss-reactive ketones (excluding diaryl/α,β-unsaturated/α-hetero) is 1. The summed E-state index contributed by atoms with van der Waals surface area (Å²) < 4.78 is 10.3. The Labute approximate surface area is 66.7 Å². The van der Waals surface area contributed by atoms with E-state index in [2.05, 4.69) is 0 Å². The lowest BCUT2D eigenvalue weighted by molar-refractivity contribution is -0.189. The number of hydrogen-bond donors (Lipinski definition) is 0. The summed E-state index contributed by atoms with van der Waals surface area (Å²) in [5, 5.41) is 0. The molecule has 3 atom stereocenters. The summed E-state index contributed by atoms with van der Waals surface area (Å²) >= 11 is 0. The normalized spacial score (nSPS) is 39.2. The SMILES string of the molecule is CO[C@@H]1OC[C@H](C)C(=O)[C@H]1C. The molecule has 0 aliphatic carbocycles. The van der Waals surface area contributed by atoms with Gasteiger partial charge in [0.1, 0.15) is 5.78 Å². The molecule has 1 fully saturated rings. The van der Waals surface area contributed by atoms with Gasteiger partial charge in [-0.1, -0.05) is 13.8 Å². The summed E-state index contributed by atoms with van der Waals surface area (Å²) in [6.45, 7) is 4.21. The third-order valence-corrected chi connectivity index (χ3v) is 2.09. The summed E-state index contributed by atoms with van der Waals surface area (Å²) in [7, 11) is 1.56. The zero-order valence-corrected chi connectivity index (χ0v) is 7.16. The van der Waals surface area contributed by atoms with Crippen LogP contribution in [0.3, 0.4) is 0 Å². The Morgan fingerprint density at radius 3 is 2.73 bits per heavy atom. The first kappa shape index (κ1) is 8.68. The van der Waals surface area contributed by atoms with E-state index in [1.807, 2.05) is 13.8 Å². The first-order valence-corrected chi connectivity index (χ1v) is 3.85. The van der Waals surface area contributed by atoms with Crippen LogP contribution in [0.1, 0.15) is 13.8 Å². The molecule has 0 radical (unpaired) electrons. The van der Waals surface area contributed by atoms with Crippen LogP contribution in [0.15, 0.2) is 0 Å². The first-order chi connectivity index (χ1) is 5.16. The molecule has 0 aromatic rings. The summed E-state index contributed by atoms with van der Waals surface area (Å²) in [5.41, 5.74) is 0. The van der Waals surface area contributed by atoms with Crippen molar-refractivity contribution in [2.75, 3.05) is 13.7 Å². The van der Waals surface area contributed by atoms with Crippen LogP contribution in [0.5, 0.6) is 0 Å². The van der Waals surface area contributed by atoms with Gasteiger partial charge in [0.15, 0.2) is 6.29 Å². The zero-order valence-electron chi connectivity index (χ0n) is 7.16. The molecular weight excluding hydrogens is 144 g/mol. The van der Waals surface area contributed by atoms with E-state index in [1.165, 1.54) is 0 Å². The van der Waals surface area contributed by atoms with Crippen molar-refractivity contribution in [3.05, 3.63) is 0 Å². The van der Waals surface area contributed by atoms with Gasteiger partial charge in [0.25, 0.3) is 0 Å². The lowest BCUT2D eigenvalue weighted by Gasteiger charge is -2.30. The van der Waals surface area contributed by atoms with Crippen LogP contribution in [0, 0.1) is 11.8 Å². The van der Waals surface area contributed by atoms with Crippen LogP contribution in [0.4, 0.5) is 0 Å². The second-order valence-electron chi connectivity index (χ2n) is 3.03. The average Bonchev–Trinajstić information content (AvgIpc) is 2.01. The van der Waals surface area contributed by atoms with Gasteiger partial charge in [0.2, 0.25) is 0 Å². The highest BCUT2D eigenvalue weighted by molar-refractivity contribution is 5.83. The summed E-state index contributed by atoms with van der Waals surface area (Å²) in [6.07, 6.45) is -0.335. The van der Waals surface area contributed by atoms with Gasteiger partial charge in [0.05, 0.1) is 12.5 Å². The van der Waals surface area contributed by atoms with Crippen LogP contribution in [-0.2, 0) is 14.3 Å². The highest BCUT2D eigenvalue weighted by Gasteiger charge is 2.33. The molecule has 0 amide bonds. The Balaban J connectivity index is 2.59. The van der Waals surface area contributed by atoms with Crippen LogP contribution in [0.2, 0.25) is 0 Å². The molecule has 3 nitrogen and oxygen atoms in total. The fourth-order valence-corrected chi connectivity index (χ4v) is 1.32. The lowest BCUT2D eigenvalue weighted by Crippen LogP contribution is -2.41. The van der Waals surface area contributed by atoms with Crippen LogP contribution < -0.4 is 0 Å². The van der Waals surface area contributed by atoms with Crippen molar-refractivity contribution in [1.29, 1.82) is 0 Å². The van der Waals surface area contributed by atoms with E-state index in [4.69, 9.17) is 9.47 Å². The van der Waals surface area contributed by atoms with E-state index in [-0.39, 0.29) is 23.9 Å². The molecule has 64 valence electrons. The number of carbonyl (C=O) groups is 1. The van der Waals surface area contributed by atoms with Gasteiger partial charge in [0, 0.05) is 13.0 Å². The minimum Gasteiger partial charge on any atom is -0.355 e. The highest BCUT2D eigenvalue weighted by Crippen LogP contribution is 2.21. The van der Waals surface area contributed by atoms with Gasteiger partial charge in [-0.3, -0.25) is 4.79 Å². The van der Waals surface area contributed by atoms with Gasteiger partial charge < -0.3 is 9.47 Å². The molecule has 0 saturated carbocycles. The third kappa shape index (κ3) is 1.60. The standard InChI is InChI=1S/C8H14O3/c1-5-4-11-8(10-3)6(2)7(5)9/h5-6,8H,4H2,1-3H3/t5-,6+,8+/m0/s1. The highest BCUT2D eigenvalue weighted by atomic mass is 16.7. The van der Waals surface area contributed by atoms with E-state index in [9.17, 15) is 4.79 Å². The van der Waals surface area contributed by atoms with Crippen molar-refractivity contribution in [2.45, 2.75) is 20.1 Å². The lowest BCUT2D eigenvalue weighted by atomic mass is 9.93. The van der Waals surface area contributed by atoms with E-state index >= 15 is 0 Å². The summed E-state index contributed by atoms with van der Waals surface area (Å²) in [5.74, 6) is 0.142. The van der Waals surface area contributed by atoms with Crippen molar-refractivity contribution in [2.24, 2.45) is 11.8 Å². The second-order valence-corrected chi connectivity index (χ2v) is 3.03. The molecule has 3 heteroatoms. The number of hydrogen-bond acceptors (Lipinski definition) is 3. The number of rotatable bonds is 1. The van der Waals surface area contributed by atoms with Gasteiger partial charge in [-0.25, -0.2) is 0 Å². The van der Waals surface area contributed by atoms with Crippen molar-refractivity contribution in [1.82, 2.24) is 0 Å². The molecule has 0 bridgehead atoms. The van der Waals surface area contributed by atoms with Gasteiger partial charge in [-0.2, -0.15) is 0 Å². The average molecular weight is 158 g/mol. The predicted octanol–water partition coefficient (Wildman–Crippen LogP) is 0.830. The zero-order chi connectivity index (χ0) is 8.43. The molecule has 1 rings (SSSR count). The summed E-state index contributed by atoms with van der Waals surface area (Å²) in [6, 6.07) is 0. The third-order valence-electron chi connectivity index (χ3n) is 2.09. The van der Waals surface area contributed by atoms with E-state index in [0.29, 0.717) is 6.61 Å². The van der Waals surface area contributed by atoms with Crippen molar-refractivity contribution < 1.29 is 14.3 Å². The van der Waals surface area contributed by atoms with Crippen molar-refractivity contribution >= 4 is 5.78 Å². The predicted molar refractivity (Wildman–Crippen MR) is 40.1 cm³/mol. The number of methoxy groups -OCH3 is 1. The maximum absolute atomic E-state index is 11.3. The Bertz CT molecular complexity index is 155. The quantitative estimate of drug-likeness (QED) is 0.567. The van der Waals surface area contributed by atoms with Crippen LogP contribution in [-0.4, -0.2) is 25.8 Å². The van der Waals surface area contributed by atoms with Crippen molar-refractivity contribution in [3.63, 3.8) is 0 Å². The molecule has 0 N–H and O–H groups in total. The Morgan fingerprint density at radius 1 is 1.55 bits per heavy atom. The first-order valence-electron chi connectivity index (χ1n) is 3.85. The van der Waals surface area contributed by atoms with E-state index in [1.54, 1.807) is 7.11 Å². The van der Waals surface area contributed by atoms with Crippen LogP contribution >= 0.6 is 0 Å². The molecule has 1 heterocycles. The molecule has 11 heavy (non-hydrogen) atoms. The second kappa shape index (κ2) is 3.32. The Morgan fingerprint density at radius 2 is 2.18 bits per heavy atom. The molecule has 0 aromatic carbocycles. The van der Waals surface area contributed by atoms with Crippen LogP contribution in [0.25, 0.3) is 0 Å². The minimum atomic E-state index is -0.335. The topological polar surface area (TPSA) is 35.5 Å². The molecule has 1 aliphatic rings. The molecule has 1 saturated heterocycles.